The lowest BCUT2D eigenvalue weighted by Gasteiger charge is -2.12. The number of halogens is 1. The van der Waals surface area contributed by atoms with Crippen molar-refractivity contribution in [3.8, 4) is 17.2 Å². The molecular weight excluding hydrogens is 1200 g/mol. The van der Waals surface area contributed by atoms with Crippen molar-refractivity contribution in [1.29, 1.82) is 0 Å². The first-order chi connectivity index (χ1) is 36.1. The molecule has 0 fully saturated rings. The molecule has 0 unspecified atom stereocenters. The van der Waals surface area contributed by atoms with Crippen LogP contribution in [0.2, 0.25) is 5.02 Å². The van der Waals surface area contributed by atoms with Crippen LogP contribution in [-0.4, -0.2) is 110 Å². The molecular formula is C40H30ClN9O21S7. The number of aryl methyl sites for hydroxylation is 1. The molecule has 0 aliphatic heterocycles. The third kappa shape index (κ3) is 12.3. The molecule has 0 atom stereocenters. The quantitative estimate of drug-likeness (QED) is 0.0244. The third-order valence-corrected chi connectivity index (χ3v) is 17.0. The minimum Gasteiger partial charge on any atom is -0.505 e. The molecule has 0 aliphatic rings. The molecule has 8 N–H and O–H groups in total. The lowest BCUT2D eigenvalue weighted by atomic mass is 10.1. The van der Waals surface area contributed by atoms with E-state index in [2.05, 4.69) is 40.8 Å². The van der Waals surface area contributed by atoms with E-state index in [0.29, 0.717) is 22.4 Å². The number of rotatable bonds is 17. The maximum atomic E-state index is 13.6. The second-order valence-corrected chi connectivity index (χ2v) is 26.0. The van der Waals surface area contributed by atoms with Crippen LogP contribution in [0, 0.1) is 6.92 Å². The van der Waals surface area contributed by atoms with Gasteiger partial charge >= 0.3 is 0 Å². The standard InChI is InChI=1S/C40H30ClN9O21S7/c1-18-9-29(31(71-7-2-8-73(53,54)55)16-28(18)46-49-40-43-36-32(72-40)10-19(41)11-35(36)77(65,66)67)47-44-26-5-4-23-22(37(26)51)3-6-27(38(23)78(68,69)70)45-48-30-17-42-50(39(30)52)20-12-24-25(33(13-20)75(59,60)61)14-21(74(56,57)58)15-34(24)76(62,63)64/h3-6,9-17,42,51H,2,7-8H2,1H3,(H,53,54,55)(H,56,57,58)(H,59,60,61)(H,62,63,64)(H,65,66,67)(H,68,69,70). The number of nitrogens with zero attached hydrogens (tertiary/aromatic N) is 8. The molecule has 2 heterocycles. The highest BCUT2D eigenvalue weighted by Crippen LogP contribution is 2.44. The molecule has 0 amide bonds. The molecule has 410 valence electrons. The topological polar surface area (TPSA) is 481 Å². The largest absolute Gasteiger partial charge is 0.505 e. The number of benzene rings is 6. The second kappa shape index (κ2) is 20.6. The van der Waals surface area contributed by atoms with E-state index in [9.17, 15) is 87.7 Å². The summed E-state index contributed by atoms with van der Waals surface area (Å²) in [5.74, 6) is -1.50. The summed E-state index contributed by atoms with van der Waals surface area (Å²) < 4.78 is 211. The van der Waals surface area contributed by atoms with Crippen LogP contribution in [0.1, 0.15) is 12.0 Å². The Hall–Kier alpha value is -7.11. The molecule has 0 radical (unpaired) electrons. The summed E-state index contributed by atoms with van der Waals surface area (Å²) in [6.45, 7) is 1.24. The highest BCUT2D eigenvalue weighted by molar-refractivity contribution is 7.87. The van der Waals surface area contributed by atoms with E-state index in [4.69, 9.17) is 16.3 Å². The fraction of sp³-hybridized carbons (Fsp3) is 0.100. The maximum absolute atomic E-state index is 13.6. The average molecular weight is 1230 g/mol. The number of hydrogen-bond donors (Lipinski definition) is 8. The first kappa shape index (κ1) is 57.1. The zero-order valence-corrected chi connectivity index (χ0v) is 44.8. The van der Waals surface area contributed by atoms with Gasteiger partial charge in [0.1, 0.15) is 47.9 Å². The number of phenolic OH excluding ortho intramolecular Hbond substituents is 1. The van der Waals surface area contributed by atoms with Crippen LogP contribution < -0.4 is 10.3 Å². The maximum Gasteiger partial charge on any atom is 0.298 e. The Morgan fingerprint density at radius 3 is 1.85 bits per heavy atom. The number of azo groups is 3. The average Bonchev–Trinajstić information content (AvgIpc) is 3.91. The van der Waals surface area contributed by atoms with Crippen molar-refractivity contribution in [2.24, 2.45) is 30.7 Å². The summed E-state index contributed by atoms with van der Waals surface area (Å²) in [5, 5.41) is 35.4. The van der Waals surface area contributed by atoms with Crippen LogP contribution >= 0.6 is 22.9 Å². The zero-order chi connectivity index (χ0) is 57.2. The Morgan fingerprint density at radius 1 is 0.615 bits per heavy atom. The summed E-state index contributed by atoms with van der Waals surface area (Å²) in [7, 11) is -30.5. The number of aromatic nitrogens is 3. The van der Waals surface area contributed by atoms with Gasteiger partial charge in [0.05, 0.1) is 39.5 Å². The predicted octanol–water partition coefficient (Wildman–Crippen LogP) is 7.89. The molecule has 0 bridgehead atoms. The van der Waals surface area contributed by atoms with Gasteiger partial charge in [0.15, 0.2) is 11.4 Å². The molecule has 0 spiro atoms. The number of H-pyrrole nitrogens is 1. The third-order valence-electron chi connectivity index (χ3n) is 10.7. The van der Waals surface area contributed by atoms with Gasteiger partial charge < -0.3 is 9.84 Å². The number of ether oxygens (including phenoxy) is 1. The van der Waals surface area contributed by atoms with Crippen molar-refractivity contribution in [3.63, 3.8) is 0 Å². The Morgan fingerprint density at radius 2 is 1.21 bits per heavy atom. The van der Waals surface area contributed by atoms with Gasteiger partial charge in [0.25, 0.3) is 66.3 Å². The van der Waals surface area contributed by atoms with Crippen molar-refractivity contribution >= 4 is 149 Å². The Kier molecular flexibility index (Phi) is 15.1. The van der Waals surface area contributed by atoms with Crippen molar-refractivity contribution in [2.75, 3.05) is 12.4 Å². The number of fused-ring (bicyclic) bond motifs is 3. The fourth-order valence-electron chi connectivity index (χ4n) is 7.35. The van der Waals surface area contributed by atoms with Crippen molar-refractivity contribution in [1.82, 2.24) is 14.8 Å². The predicted molar refractivity (Wildman–Crippen MR) is 273 cm³/mol. The molecule has 0 saturated carbocycles. The first-order valence-electron chi connectivity index (χ1n) is 20.7. The van der Waals surface area contributed by atoms with Crippen LogP contribution in [0.25, 0.3) is 37.4 Å². The van der Waals surface area contributed by atoms with Gasteiger partial charge in [-0.1, -0.05) is 29.0 Å². The minimum atomic E-state index is -5.42. The molecule has 6 aromatic carbocycles. The molecule has 78 heavy (non-hydrogen) atoms. The molecule has 0 aliphatic carbocycles. The molecule has 0 saturated heterocycles. The normalized spacial score (nSPS) is 13.3. The summed E-state index contributed by atoms with van der Waals surface area (Å²) in [6.07, 6.45) is 0.631. The lowest BCUT2D eigenvalue weighted by Crippen LogP contribution is -2.15. The van der Waals surface area contributed by atoms with Crippen LogP contribution in [0.15, 0.2) is 139 Å². The van der Waals surface area contributed by atoms with Gasteiger partial charge in [-0.25, -0.2) is 9.67 Å². The summed E-state index contributed by atoms with van der Waals surface area (Å²) >= 11 is 6.91. The zero-order valence-electron chi connectivity index (χ0n) is 38.3. The van der Waals surface area contributed by atoms with E-state index in [1.807, 2.05) is 0 Å². The molecule has 8 rings (SSSR count). The van der Waals surface area contributed by atoms with Crippen molar-refractivity contribution < 1.29 is 87.7 Å². The van der Waals surface area contributed by atoms with Crippen molar-refractivity contribution in [2.45, 2.75) is 37.8 Å². The second-order valence-electron chi connectivity index (χ2n) is 16.0. The highest BCUT2D eigenvalue weighted by Gasteiger charge is 2.28. The van der Waals surface area contributed by atoms with Gasteiger partial charge in [-0.3, -0.25) is 37.2 Å². The number of aromatic hydroxyl groups is 1. The number of nitrogens with one attached hydrogen (secondary N) is 1. The van der Waals surface area contributed by atoms with Crippen LogP contribution in [-0.2, 0) is 60.7 Å². The van der Waals surface area contributed by atoms with E-state index < -0.39 is 130 Å². The van der Waals surface area contributed by atoms with E-state index in [0.717, 1.165) is 53.9 Å². The molecule has 2 aromatic heterocycles. The Bertz CT molecular complexity index is 4760. The molecule has 8 aromatic rings. The van der Waals surface area contributed by atoms with Gasteiger partial charge in [-0.15, -0.1) is 30.7 Å². The van der Waals surface area contributed by atoms with E-state index in [-0.39, 0.29) is 73.0 Å². The number of aromatic amines is 1. The monoisotopic (exact) mass is 1230 g/mol. The number of phenols is 1. The smallest absolute Gasteiger partial charge is 0.298 e. The number of thiazole rings is 1. The highest BCUT2D eigenvalue weighted by atomic mass is 35.5. The SMILES string of the molecule is Cc1cc(N=Nc2ccc3c(S(=O)(=O)O)c(N=Nc4c[nH]n(-c5cc(S(=O)(=O)O)c6cc(S(=O)(=O)O)cc(S(=O)(=O)O)c6c5)c4=O)ccc3c2O)c(OCCCS(=O)(=O)O)cc1N=Nc1nc2c(S(=O)(=O)O)cc(Cl)cc2s1. The van der Waals surface area contributed by atoms with Crippen LogP contribution in [0.5, 0.6) is 11.5 Å². The van der Waals surface area contributed by atoms with Gasteiger partial charge in [-0.05, 0) is 79.6 Å². The summed E-state index contributed by atoms with van der Waals surface area (Å²) in [4.78, 5) is 12.5. The summed E-state index contributed by atoms with van der Waals surface area (Å²) in [6, 6.07) is 11.4. The van der Waals surface area contributed by atoms with Gasteiger partial charge in [0.2, 0.25) is 5.13 Å². The fourth-order valence-corrected chi connectivity index (χ4v) is 12.6. The Balaban J connectivity index is 1.13. The van der Waals surface area contributed by atoms with E-state index in [1.54, 1.807) is 6.92 Å². The van der Waals surface area contributed by atoms with Crippen LogP contribution in [0.4, 0.5) is 33.6 Å². The van der Waals surface area contributed by atoms with Crippen LogP contribution in [0.3, 0.4) is 0 Å². The number of hydrogen-bond acceptors (Lipinski definition) is 23. The van der Waals surface area contributed by atoms with E-state index >= 15 is 0 Å². The van der Waals surface area contributed by atoms with Gasteiger partial charge in [-0.2, -0.15) is 50.5 Å². The Labute approximate surface area is 446 Å². The summed E-state index contributed by atoms with van der Waals surface area (Å²) in [5.41, 5.74) is -3.10. The molecule has 38 heteroatoms. The molecule has 30 nitrogen and oxygen atoms in total. The van der Waals surface area contributed by atoms with E-state index in [1.165, 1.54) is 18.2 Å². The first-order valence-corrected chi connectivity index (χ1v) is 30.8. The van der Waals surface area contributed by atoms with Gasteiger partial charge in [0, 0.05) is 32.6 Å². The minimum absolute atomic E-state index is 0.0115. The lowest BCUT2D eigenvalue weighted by molar-refractivity contribution is 0.317. The van der Waals surface area contributed by atoms with Crippen molar-refractivity contribution in [3.05, 3.63) is 99.9 Å².